The number of aromatic hydroxyl groups is 1. The van der Waals surface area contributed by atoms with Gasteiger partial charge < -0.3 is 9.84 Å². The van der Waals surface area contributed by atoms with E-state index in [0.717, 1.165) is 6.07 Å². The van der Waals surface area contributed by atoms with Crippen molar-refractivity contribution in [3.63, 3.8) is 0 Å². The van der Waals surface area contributed by atoms with Crippen LogP contribution < -0.4 is 0 Å². The van der Waals surface area contributed by atoms with Crippen LogP contribution in [0.25, 0.3) is 11.3 Å². The Morgan fingerprint density at radius 2 is 1.93 bits per heavy atom. The summed E-state index contributed by atoms with van der Waals surface area (Å²) in [4.78, 5) is 27.9. The maximum atomic E-state index is 13.2. The first-order valence-corrected chi connectivity index (χ1v) is 9.11. The summed E-state index contributed by atoms with van der Waals surface area (Å²) >= 11 is 3.09. The van der Waals surface area contributed by atoms with Crippen LogP contribution in [0, 0.1) is 6.92 Å². The second kappa shape index (κ2) is 8.72. The lowest BCUT2D eigenvalue weighted by molar-refractivity contribution is -0.143. The molecule has 0 fully saturated rings. The molecule has 1 heterocycles. The number of hydrogen-bond acceptors (Lipinski definition) is 5. The number of nitrogens with zero attached hydrogens (tertiary/aromatic N) is 1. The number of rotatable bonds is 6. The van der Waals surface area contributed by atoms with Crippen LogP contribution in [-0.2, 0) is 15.7 Å². The summed E-state index contributed by atoms with van der Waals surface area (Å²) in [5, 5.41) is 10.1. The highest BCUT2D eigenvalue weighted by Gasteiger charge is 2.33. The van der Waals surface area contributed by atoms with Crippen LogP contribution >= 0.6 is 15.9 Å². The van der Waals surface area contributed by atoms with Crippen molar-refractivity contribution in [2.45, 2.75) is 32.9 Å². The molecule has 28 heavy (non-hydrogen) atoms. The average molecular weight is 460 g/mol. The first-order valence-electron chi connectivity index (χ1n) is 8.31. The lowest BCUT2D eigenvalue weighted by Crippen LogP contribution is -2.11. The molecule has 0 aliphatic rings. The number of alkyl halides is 3. The van der Waals surface area contributed by atoms with Gasteiger partial charge in [0.2, 0.25) is 0 Å². The smallest absolute Gasteiger partial charge is 0.416 e. The lowest BCUT2D eigenvalue weighted by Gasteiger charge is -2.15. The highest BCUT2D eigenvalue weighted by molar-refractivity contribution is 9.10. The number of Topliss-reactive ketones (excluding diaryl/α,β-unsaturated/α-hetero) is 1. The Hall–Kier alpha value is -2.42. The van der Waals surface area contributed by atoms with E-state index in [2.05, 4.69) is 20.9 Å². The number of benzene rings is 1. The molecule has 2 aromatic rings. The maximum absolute atomic E-state index is 13.2. The Morgan fingerprint density at radius 1 is 1.25 bits per heavy atom. The third-order valence-corrected chi connectivity index (χ3v) is 4.59. The quantitative estimate of drug-likeness (QED) is 0.481. The van der Waals surface area contributed by atoms with Crippen LogP contribution in [0.15, 0.2) is 28.7 Å². The van der Waals surface area contributed by atoms with Crippen LogP contribution in [0.4, 0.5) is 13.2 Å². The molecule has 0 saturated carbocycles. The molecule has 0 aliphatic carbocycles. The van der Waals surface area contributed by atoms with Crippen LogP contribution in [-0.4, -0.2) is 28.4 Å². The number of esters is 1. The summed E-state index contributed by atoms with van der Waals surface area (Å²) in [6, 6.07) is 4.98. The highest BCUT2D eigenvalue weighted by atomic mass is 79.9. The lowest BCUT2D eigenvalue weighted by atomic mass is 9.98. The van der Waals surface area contributed by atoms with E-state index in [1.54, 1.807) is 6.92 Å². The molecule has 0 aliphatic heterocycles. The Bertz CT molecular complexity index is 913. The fraction of sp³-hybridized carbons (Fsp3) is 0.316. The Balaban J connectivity index is 2.44. The SMILES string of the molecule is CCOC(=O)CCC(=O)c1nc(-c2cccc(C(F)(F)F)c2C)cc(Br)c1O. The minimum atomic E-state index is -4.54. The van der Waals surface area contributed by atoms with Gasteiger partial charge in [0.05, 0.1) is 28.8 Å². The number of carbonyl (C=O) groups excluding carboxylic acids is 2. The van der Waals surface area contributed by atoms with Gasteiger partial charge in [0.15, 0.2) is 11.5 Å². The standard InChI is InChI=1S/C19H17BrF3NO4/c1-3-28-16(26)8-7-15(25)17-18(27)13(20)9-14(24-17)11-5-4-6-12(10(11)2)19(21,22)23/h4-6,9,27H,3,7-8H2,1-2H3. The van der Waals surface area contributed by atoms with Crippen LogP contribution in [0.3, 0.4) is 0 Å². The van der Waals surface area contributed by atoms with Gasteiger partial charge in [-0.1, -0.05) is 12.1 Å². The van der Waals surface area contributed by atoms with E-state index < -0.39 is 29.2 Å². The summed E-state index contributed by atoms with van der Waals surface area (Å²) in [5.41, 5.74) is -0.926. The molecule has 0 saturated heterocycles. The monoisotopic (exact) mass is 459 g/mol. The van der Waals surface area contributed by atoms with E-state index in [1.807, 2.05) is 0 Å². The molecule has 2 rings (SSSR count). The second-order valence-corrected chi connectivity index (χ2v) is 6.74. The Kier molecular flexibility index (Phi) is 6.82. The zero-order chi connectivity index (χ0) is 21.1. The highest BCUT2D eigenvalue weighted by Crippen LogP contribution is 2.38. The third kappa shape index (κ3) is 4.89. The predicted molar refractivity (Wildman–Crippen MR) is 99.0 cm³/mol. The predicted octanol–water partition coefficient (Wildman–Crippen LogP) is 5.07. The van der Waals surface area contributed by atoms with Gasteiger partial charge in [-0.05, 0) is 47.5 Å². The molecular formula is C19H17BrF3NO4. The fourth-order valence-corrected chi connectivity index (χ4v) is 3.03. The number of pyridine rings is 1. The molecule has 1 aromatic carbocycles. The molecule has 9 heteroatoms. The van der Waals surface area contributed by atoms with E-state index in [9.17, 15) is 27.9 Å². The van der Waals surface area contributed by atoms with Gasteiger partial charge in [-0.15, -0.1) is 0 Å². The summed E-state index contributed by atoms with van der Waals surface area (Å²) in [5.74, 6) is -1.64. The molecule has 0 spiro atoms. The van der Waals surface area contributed by atoms with Crippen molar-refractivity contribution in [3.05, 3.63) is 45.6 Å². The fourth-order valence-electron chi connectivity index (χ4n) is 2.63. The summed E-state index contributed by atoms with van der Waals surface area (Å²) in [6.07, 6.45) is -4.98. The zero-order valence-electron chi connectivity index (χ0n) is 15.1. The summed E-state index contributed by atoms with van der Waals surface area (Å²) in [6.45, 7) is 3.11. The van der Waals surface area contributed by atoms with Crippen molar-refractivity contribution in [1.82, 2.24) is 4.98 Å². The third-order valence-electron chi connectivity index (χ3n) is 3.99. The van der Waals surface area contributed by atoms with Crippen molar-refractivity contribution >= 4 is 27.7 Å². The van der Waals surface area contributed by atoms with Crippen molar-refractivity contribution in [2.75, 3.05) is 6.61 Å². The number of carbonyl (C=O) groups is 2. The van der Waals surface area contributed by atoms with Gasteiger partial charge in [0.25, 0.3) is 0 Å². The van der Waals surface area contributed by atoms with Gasteiger partial charge in [-0.2, -0.15) is 13.2 Å². The van der Waals surface area contributed by atoms with Crippen LogP contribution in [0.2, 0.25) is 0 Å². The minimum Gasteiger partial charge on any atom is -0.504 e. The molecule has 5 nitrogen and oxygen atoms in total. The van der Waals surface area contributed by atoms with E-state index in [1.165, 1.54) is 25.1 Å². The normalized spacial score (nSPS) is 11.4. The van der Waals surface area contributed by atoms with E-state index >= 15 is 0 Å². The number of aromatic nitrogens is 1. The first kappa shape index (κ1) is 21.9. The Labute approximate surface area is 167 Å². The summed E-state index contributed by atoms with van der Waals surface area (Å²) < 4.78 is 44.4. The van der Waals surface area contributed by atoms with E-state index in [0.29, 0.717) is 0 Å². The number of hydrogen-bond donors (Lipinski definition) is 1. The molecule has 1 aromatic heterocycles. The first-order chi connectivity index (χ1) is 13.1. The largest absolute Gasteiger partial charge is 0.504 e. The van der Waals surface area contributed by atoms with Crippen molar-refractivity contribution < 1.29 is 32.6 Å². The van der Waals surface area contributed by atoms with Crippen molar-refractivity contribution in [3.8, 4) is 17.0 Å². The maximum Gasteiger partial charge on any atom is 0.416 e. The Morgan fingerprint density at radius 3 is 2.54 bits per heavy atom. The molecule has 0 atom stereocenters. The molecular weight excluding hydrogens is 443 g/mol. The van der Waals surface area contributed by atoms with Gasteiger partial charge in [0, 0.05) is 12.0 Å². The number of ketones is 1. The van der Waals surface area contributed by atoms with Gasteiger partial charge in [-0.3, -0.25) is 9.59 Å². The van der Waals surface area contributed by atoms with Crippen molar-refractivity contribution in [2.24, 2.45) is 0 Å². The second-order valence-electron chi connectivity index (χ2n) is 5.89. The molecule has 0 bridgehead atoms. The van der Waals surface area contributed by atoms with E-state index in [-0.39, 0.29) is 46.4 Å². The molecule has 150 valence electrons. The summed E-state index contributed by atoms with van der Waals surface area (Å²) in [7, 11) is 0. The molecule has 0 amide bonds. The zero-order valence-corrected chi connectivity index (χ0v) is 16.6. The minimum absolute atomic E-state index is 0.0509. The average Bonchev–Trinajstić information content (AvgIpc) is 2.61. The molecule has 0 radical (unpaired) electrons. The topological polar surface area (TPSA) is 76.5 Å². The van der Waals surface area contributed by atoms with Gasteiger partial charge in [-0.25, -0.2) is 4.98 Å². The van der Waals surface area contributed by atoms with Gasteiger partial charge in [0.1, 0.15) is 5.69 Å². The number of ether oxygens (including phenoxy) is 1. The number of halogens is 4. The van der Waals surface area contributed by atoms with Gasteiger partial charge >= 0.3 is 12.1 Å². The molecule has 0 unspecified atom stereocenters. The van der Waals surface area contributed by atoms with Crippen LogP contribution in [0.5, 0.6) is 5.75 Å². The van der Waals surface area contributed by atoms with Crippen LogP contribution in [0.1, 0.15) is 41.4 Å². The van der Waals surface area contributed by atoms with Crippen molar-refractivity contribution in [1.29, 1.82) is 0 Å². The van der Waals surface area contributed by atoms with E-state index in [4.69, 9.17) is 4.74 Å². The molecule has 1 N–H and O–H groups in total.